The number of benzene rings is 1. The molecule has 1 heterocycles. The third-order valence-corrected chi connectivity index (χ3v) is 2.45. The van der Waals surface area contributed by atoms with Crippen LogP contribution in [0.5, 0.6) is 5.75 Å². The zero-order valence-corrected chi connectivity index (χ0v) is 10.7. The van der Waals surface area contributed by atoms with Crippen molar-refractivity contribution >= 4 is 5.97 Å². The highest BCUT2D eigenvalue weighted by Crippen LogP contribution is 2.08. The van der Waals surface area contributed by atoms with Crippen molar-refractivity contribution in [2.24, 2.45) is 0 Å². The van der Waals surface area contributed by atoms with Crippen molar-refractivity contribution in [2.75, 3.05) is 13.7 Å². The number of nitrogens with zero attached hydrogens (tertiary/aromatic N) is 3. The van der Waals surface area contributed by atoms with E-state index in [0.717, 1.165) is 12.2 Å². The van der Waals surface area contributed by atoms with Crippen LogP contribution in [0.2, 0.25) is 0 Å². The van der Waals surface area contributed by atoms with Crippen LogP contribution in [-0.2, 0) is 11.3 Å². The third-order valence-electron chi connectivity index (χ3n) is 2.45. The quantitative estimate of drug-likeness (QED) is 0.583. The monoisotopic (exact) mass is 261 g/mol. The molecule has 2 rings (SSSR count). The van der Waals surface area contributed by atoms with Crippen molar-refractivity contribution in [3.05, 3.63) is 42.5 Å². The number of aromatic nitrogens is 3. The maximum atomic E-state index is 11.2. The van der Waals surface area contributed by atoms with Gasteiger partial charge in [0.1, 0.15) is 12.1 Å². The molecule has 0 atom stereocenters. The van der Waals surface area contributed by atoms with Crippen LogP contribution in [0.15, 0.2) is 36.7 Å². The summed E-state index contributed by atoms with van der Waals surface area (Å²) in [6.07, 6.45) is 2.29. The Bertz CT molecular complexity index is 525. The van der Waals surface area contributed by atoms with Gasteiger partial charge < -0.3 is 9.47 Å². The van der Waals surface area contributed by atoms with Crippen LogP contribution < -0.4 is 4.74 Å². The highest BCUT2D eigenvalue weighted by atomic mass is 16.5. The van der Waals surface area contributed by atoms with Crippen LogP contribution in [0.4, 0.5) is 0 Å². The Morgan fingerprint density at radius 1 is 1.32 bits per heavy atom. The maximum Gasteiger partial charge on any atom is 0.377 e. The zero-order valence-electron chi connectivity index (χ0n) is 10.7. The van der Waals surface area contributed by atoms with Crippen molar-refractivity contribution in [1.29, 1.82) is 0 Å². The highest BCUT2D eigenvalue weighted by Gasteiger charge is 2.10. The van der Waals surface area contributed by atoms with Crippen LogP contribution in [-0.4, -0.2) is 34.5 Å². The summed E-state index contributed by atoms with van der Waals surface area (Å²) in [5.41, 5.74) is 0. The lowest BCUT2D eigenvalue weighted by Crippen LogP contribution is -2.08. The zero-order chi connectivity index (χ0) is 13.5. The van der Waals surface area contributed by atoms with Crippen molar-refractivity contribution < 1.29 is 14.3 Å². The molecule has 0 N–H and O–H groups in total. The van der Waals surface area contributed by atoms with E-state index in [4.69, 9.17) is 4.74 Å². The summed E-state index contributed by atoms with van der Waals surface area (Å²) in [6.45, 7) is 1.22. The van der Waals surface area contributed by atoms with Gasteiger partial charge in [0.25, 0.3) is 5.82 Å². The van der Waals surface area contributed by atoms with Gasteiger partial charge in [0, 0.05) is 13.0 Å². The van der Waals surface area contributed by atoms with E-state index in [-0.39, 0.29) is 5.82 Å². The number of para-hydroxylation sites is 1. The standard InChI is InChI=1S/C13H15N3O3/c1-18-13(17)12-14-10-16(15-12)8-5-9-19-11-6-3-2-4-7-11/h2-4,6-7,10H,5,8-9H2,1H3. The third kappa shape index (κ3) is 3.80. The molecule has 1 aromatic carbocycles. The van der Waals surface area contributed by atoms with Crippen molar-refractivity contribution in [2.45, 2.75) is 13.0 Å². The van der Waals surface area contributed by atoms with E-state index >= 15 is 0 Å². The Hall–Kier alpha value is -2.37. The Morgan fingerprint density at radius 2 is 2.11 bits per heavy atom. The molecule has 19 heavy (non-hydrogen) atoms. The molecule has 0 saturated heterocycles. The van der Waals surface area contributed by atoms with E-state index in [0.29, 0.717) is 13.2 Å². The first-order chi connectivity index (χ1) is 9.29. The molecule has 2 aromatic rings. The Labute approximate surface area is 111 Å². The number of carbonyl (C=O) groups excluding carboxylic acids is 1. The minimum absolute atomic E-state index is 0.0754. The van der Waals surface area contributed by atoms with E-state index < -0.39 is 5.97 Å². The molecule has 6 nitrogen and oxygen atoms in total. The predicted molar refractivity (Wildman–Crippen MR) is 67.9 cm³/mol. The maximum absolute atomic E-state index is 11.2. The molecule has 0 bridgehead atoms. The molecule has 0 saturated carbocycles. The second-order valence-corrected chi connectivity index (χ2v) is 3.84. The first kappa shape index (κ1) is 13.1. The molecule has 100 valence electrons. The van der Waals surface area contributed by atoms with Gasteiger partial charge in [0.15, 0.2) is 0 Å². The average Bonchev–Trinajstić information content (AvgIpc) is 2.93. The van der Waals surface area contributed by atoms with Crippen LogP contribution >= 0.6 is 0 Å². The van der Waals surface area contributed by atoms with Gasteiger partial charge in [-0.15, -0.1) is 5.10 Å². The molecule has 0 fully saturated rings. The van der Waals surface area contributed by atoms with Gasteiger partial charge in [0.05, 0.1) is 13.7 Å². The van der Waals surface area contributed by atoms with Gasteiger partial charge in [0.2, 0.25) is 0 Å². The number of esters is 1. The summed E-state index contributed by atoms with van der Waals surface area (Å²) < 4.78 is 11.7. The van der Waals surface area contributed by atoms with E-state index in [2.05, 4.69) is 14.8 Å². The lowest BCUT2D eigenvalue weighted by atomic mass is 10.3. The summed E-state index contributed by atoms with van der Waals surface area (Å²) in [5.74, 6) is 0.391. The fraction of sp³-hybridized carbons (Fsp3) is 0.308. The fourth-order valence-corrected chi connectivity index (χ4v) is 1.52. The molecule has 0 radical (unpaired) electrons. The van der Waals surface area contributed by atoms with Gasteiger partial charge in [-0.25, -0.2) is 9.78 Å². The van der Waals surface area contributed by atoms with Crippen molar-refractivity contribution in [3.63, 3.8) is 0 Å². The van der Waals surface area contributed by atoms with Crippen LogP contribution in [0.1, 0.15) is 17.0 Å². The molecule has 0 amide bonds. The van der Waals surface area contributed by atoms with E-state index in [1.54, 1.807) is 4.68 Å². The fourth-order valence-electron chi connectivity index (χ4n) is 1.52. The number of methoxy groups -OCH3 is 1. The molecule has 1 aromatic heterocycles. The first-order valence-electron chi connectivity index (χ1n) is 5.95. The first-order valence-corrected chi connectivity index (χ1v) is 5.95. The molecular weight excluding hydrogens is 246 g/mol. The summed E-state index contributed by atoms with van der Waals surface area (Å²) >= 11 is 0. The summed E-state index contributed by atoms with van der Waals surface area (Å²) in [7, 11) is 1.30. The van der Waals surface area contributed by atoms with Gasteiger partial charge >= 0.3 is 5.97 Å². The number of hydrogen-bond acceptors (Lipinski definition) is 5. The average molecular weight is 261 g/mol. The number of carbonyl (C=O) groups is 1. The minimum Gasteiger partial charge on any atom is -0.494 e. The largest absolute Gasteiger partial charge is 0.494 e. The van der Waals surface area contributed by atoms with Gasteiger partial charge in [-0.3, -0.25) is 4.68 Å². The Morgan fingerprint density at radius 3 is 2.84 bits per heavy atom. The van der Waals surface area contributed by atoms with E-state index in [9.17, 15) is 4.79 Å². The molecule has 0 aliphatic carbocycles. The van der Waals surface area contributed by atoms with E-state index in [1.165, 1.54) is 13.4 Å². The molecular formula is C13H15N3O3. The molecule has 0 aliphatic heterocycles. The lowest BCUT2D eigenvalue weighted by Gasteiger charge is -2.05. The molecule has 0 unspecified atom stereocenters. The van der Waals surface area contributed by atoms with Crippen molar-refractivity contribution in [1.82, 2.24) is 14.8 Å². The topological polar surface area (TPSA) is 66.2 Å². The SMILES string of the molecule is COC(=O)c1ncn(CCCOc2ccccc2)n1. The molecule has 6 heteroatoms. The number of rotatable bonds is 6. The molecule has 0 spiro atoms. The summed E-state index contributed by atoms with van der Waals surface area (Å²) in [5, 5.41) is 4.00. The van der Waals surface area contributed by atoms with Gasteiger partial charge in [-0.1, -0.05) is 18.2 Å². The highest BCUT2D eigenvalue weighted by molar-refractivity contribution is 5.84. The van der Waals surface area contributed by atoms with Gasteiger partial charge in [-0.2, -0.15) is 0 Å². The number of hydrogen-bond donors (Lipinski definition) is 0. The number of ether oxygens (including phenoxy) is 2. The normalized spacial score (nSPS) is 10.2. The molecule has 0 aliphatic rings. The lowest BCUT2D eigenvalue weighted by molar-refractivity contribution is 0.0586. The smallest absolute Gasteiger partial charge is 0.377 e. The minimum atomic E-state index is -0.528. The Kier molecular flexibility index (Phi) is 4.49. The van der Waals surface area contributed by atoms with Crippen LogP contribution in [0, 0.1) is 0 Å². The summed E-state index contributed by atoms with van der Waals surface area (Å²) in [4.78, 5) is 15.0. The van der Waals surface area contributed by atoms with Crippen molar-refractivity contribution in [3.8, 4) is 5.75 Å². The van der Waals surface area contributed by atoms with E-state index in [1.807, 2.05) is 30.3 Å². The Balaban J connectivity index is 1.74. The summed E-state index contributed by atoms with van der Waals surface area (Å²) in [6, 6.07) is 9.61. The second-order valence-electron chi connectivity index (χ2n) is 3.84. The van der Waals surface area contributed by atoms with Crippen LogP contribution in [0.25, 0.3) is 0 Å². The predicted octanol–water partition coefficient (Wildman–Crippen LogP) is 1.53. The van der Waals surface area contributed by atoms with Gasteiger partial charge in [-0.05, 0) is 12.1 Å². The second kappa shape index (κ2) is 6.53. The number of aryl methyl sites for hydroxylation is 1. The van der Waals surface area contributed by atoms with Crippen LogP contribution in [0.3, 0.4) is 0 Å².